The van der Waals surface area contributed by atoms with E-state index in [-0.39, 0.29) is 5.91 Å². The van der Waals surface area contributed by atoms with E-state index in [1.165, 1.54) is 19.3 Å². The summed E-state index contributed by atoms with van der Waals surface area (Å²) in [5.41, 5.74) is 1.70. The van der Waals surface area contributed by atoms with Crippen molar-refractivity contribution < 1.29 is 9.53 Å². The molecule has 0 spiro atoms. The number of carbonyl (C=O) groups is 1. The first kappa shape index (κ1) is 16.8. The monoisotopic (exact) mass is 304 g/mol. The number of nitrogens with zero attached hydrogens (tertiary/aromatic N) is 1. The van der Waals surface area contributed by atoms with Gasteiger partial charge < -0.3 is 10.1 Å². The molecule has 4 heteroatoms. The Bertz CT molecular complexity index is 502. The fraction of sp³-hybridized carbons (Fsp3) is 0.611. The molecule has 2 rings (SSSR count). The van der Waals surface area contributed by atoms with Gasteiger partial charge in [0.05, 0.1) is 6.61 Å². The van der Waals surface area contributed by atoms with Crippen LogP contribution < -0.4 is 10.1 Å². The number of likely N-dealkylation sites (tertiary alicyclic amines) is 1. The number of nitrogens with one attached hydrogen (secondary N) is 1. The van der Waals surface area contributed by atoms with Crippen LogP contribution >= 0.6 is 0 Å². The number of piperidine rings is 1. The van der Waals surface area contributed by atoms with E-state index in [0.717, 1.165) is 24.4 Å². The lowest BCUT2D eigenvalue weighted by atomic mass is 10.0. The molecule has 1 atom stereocenters. The van der Waals surface area contributed by atoms with Crippen LogP contribution in [0.4, 0.5) is 0 Å². The molecule has 1 fully saturated rings. The minimum Gasteiger partial charge on any atom is -0.494 e. The lowest BCUT2D eigenvalue weighted by Gasteiger charge is -2.33. The zero-order valence-corrected chi connectivity index (χ0v) is 14.0. The number of benzene rings is 1. The fourth-order valence-corrected chi connectivity index (χ4v) is 3.01. The highest BCUT2D eigenvalue weighted by Gasteiger charge is 2.17. The lowest BCUT2D eigenvalue weighted by molar-refractivity contribution is 0.0938. The molecule has 1 N–H and O–H groups in total. The second kappa shape index (κ2) is 8.18. The van der Waals surface area contributed by atoms with Crippen molar-refractivity contribution in [3.05, 3.63) is 29.3 Å². The van der Waals surface area contributed by atoms with Gasteiger partial charge in [0.25, 0.3) is 5.91 Å². The van der Waals surface area contributed by atoms with Crippen molar-refractivity contribution in [2.75, 3.05) is 26.2 Å². The molecule has 122 valence electrons. The summed E-state index contributed by atoms with van der Waals surface area (Å²) in [6, 6.07) is 6.24. The summed E-state index contributed by atoms with van der Waals surface area (Å²) < 4.78 is 5.51. The summed E-state index contributed by atoms with van der Waals surface area (Å²) in [6.45, 7) is 9.63. The molecular weight excluding hydrogens is 276 g/mol. The number of hydrogen-bond acceptors (Lipinski definition) is 3. The van der Waals surface area contributed by atoms with Crippen LogP contribution in [0.1, 0.15) is 49.0 Å². The number of carbonyl (C=O) groups excluding carboxylic acids is 1. The topological polar surface area (TPSA) is 41.6 Å². The predicted molar refractivity (Wildman–Crippen MR) is 89.6 cm³/mol. The summed E-state index contributed by atoms with van der Waals surface area (Å²) in [7, 11) is 0. The Morgan fingerprint density at radius 3 is 2.91 bits per heavy atom. The van der Waals surface area contributed by atoms with E-state index in [4.69, 9.17) is 4.74 Å². The van der Waals surface area contributed by atoms with Crippen molar-refractivity contribution in [1.29, 1.82) is 0 Å². The molecule has 0 bridgehead atoms. The van der Waals surface area contributed by atoms with Gasteiger partial charge in [-0.3, -0.25) is 9.69 Å². The average Bonchev–Trinajstić information content (AvgIpc) is 2.51. The molecule has 1 unspecified atom stereocenters. The molecular formula is C18H28N2O2. The standard InChI is InChI=1S/C18H28N2O2/c1-4-22-17-9-8-16(13-14(17)2)18(21)19-10-12-20-11-6-5-7-15(20)3/h8-9,13,15H,4-7,10-12H2,1-3H3,(H,19,21). The van der Waals surface area contributed by atoms with E-state index in [2.05, 4.69) is 17.1 Å². The molecule has 0 aliphatic carbocycles. The van der Waals surface area contributed by atoms with Gasteiger partial charge >= 0.3 is 0 Å². The molecule has 1 aromatic rings. The predicted octanol–water partition coefficient (Wildman–Crippen LogP) is 3.00. The first-order valence-corrected chi connectivity index (χ1v) is 8.37. The summed E-state index contributed by atoms with van der Waals surface area (Å²) in [5, 5.41) is 3.02. The van der Waals surface area contributed by atoms with Crippen molar-refractivity contribution in [3.8, 4) is 5.75 Å². The first-order chi connectivity index (χ1) is 10.6. The van der Waals surface area contributed by atoms with E-state index in [1.54, 1.807) is 0 Å². The van der Waals surface area contributed by atoms with Crippen LogP contribution in [0.5, 0.6) is 5.75 Å². The van der Waals surface area contributed by atoms with Gasteiger partial charge in [-0.25, -0.2) is 0 Å². The van der Waals surface area contributed by atoms with Crippen LogP contribution in [-0.4, -0.2) is 43.1 Å². The number of rotatable bonds is 6. The molecule has 1 amide bonds. The summed E-state index contributed by atoms with van der Waals surface area (Å²) in [6.07, 6.45) is 3.87. The van der Waals surface area contributed by atoms with E-state index < -0.39 is 0 Å². The van der Waals surface area contributed by atoms with Crippen molar-refractivity contribution >= 4 is 5.91 Å². The minimum absolute atomic E-state index is 0.00388. The number of aryl methyl sites for hydroxylation is 1. The molecule has 1 aliphatic heterocycles. The Labute approximate surface area is 133 Å². The zero-order valence-electron chi connectivity index (χ0n) is 14.0. The maximum Gasteiger partial charge on any atom is 0.251 e. The normalized spacial score (nSPS) is 19.0. The molecule has 1 aliphatic rings. The lowest BCUT2D eigenvalue weighted by Crippen LogP contribution is -2.42. The van der Waals surface area contributed by atoms with Crippen molar-refractivity contribution in [2.24, 2.45) is 0 Å². The molecule has 0 radical (unpaired) electrons. The zero-order chi connectivity index (χ0) is 15.9. The highest BCUT2D eigenvalue weighted by Crippen LogP contribution is 2.19. The Morgan fingerprint density at radius 1 is 1.41 bits per heavy atom. The quantitative estimate of drug-likeness (QED) is 0.878. The van der Waals surface area contributed by atoms with E-state index in [1.807, 2.05) is 32.0 Å². The average molecular weight is 304 g/mol. The van der Waals surface area contributed by atoms with Crippen LogP contribution in [0.2, 0.25) is 0 Å². The SMILES string of the molecule is CCOc1ccc(C(=O)NCCN2CCCCC2C)cc1C. The minimum atomic E-state index is -0.00388. The van der Waals surface area contributed by atoms with Crippen LogP contribution in [0.3, 0.4) is 0 Å². The van der Waals surface area contributed by atoms with Crippen molar-refractivity contribution in [2.45, 2.75) is 46.1 Å². The van der Waals surface area contributed by atoms with Gasteiger partial charge in [0, 0.05) is 24.7 Å². The van der Waals surface area contributed by atoms with Gasteiger partial charge in [0.15, 0.2) is 0 Å². The molecule has 1 heterocycles. The molecule has 4 nitrogen and oxygen atoms in total. The van der Waals surface area contributed by atoms with E-state index in [0.29, 0.717) is 24.8 Å². The van der Waals surface area contributed by atoms with Crippen LogP contribution in [0.15, 0.2) is 18.2 Å². The third-order valence-electron chi connectivity index (χ3n) is 4.36. The Hall–Kier alpha value is -1.55. The maximum absolute atomic E-state index is 12.2. The summed E-state index contributed by atoms with van der Waals surface area (Å²) in [4.78, 5) is 14.7. The third kappa shape index (κ3) is 4.47. The third-order valence-corrected chi connectivity index (χ3v) is 4.36. The molecule has 0 aromatic heterocycles. The second-order valence-electron chi connectivity index (χ2n) is 6.05. The van der Waals surface area contributed by atoms with Gasteiger partial charge in [-0.05, 0) is 63.9 Å². The Morgan fingerprint density at radius 2 is 2.23 bits per heavy atom. The van der Waals surface area contributed by atoms with Gasteiger partial charge in [0.2, 0.25) is 0 Å². The molecule has 1 aromatic carbocycles. The van der Waals surface area contributed by atoms with E-state index >= 15 is 0 Å². The van der Waals surface area contributed by atoms with Gasteiger partial charge in [-0.2, -0.15) is 0 Å². The summed E-state index contributed by atoms with van der Waals surface area (Å²) in [5.74, 6) is 0.844. The van der Waals surface area contributed by atoms with Gasteiger partial charge in [0.1, 0.15) is 5.75 Å². The molecule has 22 heavy (non-hydrogen) atoms. The number of amides is 1. The first-order valence-electron chi connectivity index (χ1n) is 8.37. The van der Waals surface area contributed by atoms with Crippen molar-refractivity contribution in [1.82, 2.24) is 10.2 Å². The summed E-state index contributed by atoms with van der Waals surface area (Å²) >= 11 is 0. The second-order valence-corrected chi connectivity index (χ2v) is 6.05. The van der Waals surface area contributed by atoms with Crippen molar-refractivity contribution in [3.63, 3.8) is 0 Å². The van der Waals surface area contributed by atoms with Crippen LogP contribution in [0.25, 0.3) is 0 Å². The van der Waals surface area contributed by atoms with Crippen LogP contribution in [-0.2, 0) is 0 Å². The Balaban J connectivity index is 1.83. The highest BCUT2D eigenvalue weighted by atomic mass is 16.5. The van der Waals surface area contributed by atoms with Crippen LogP contribution in [0, 0.1) is 6.92 Å². The molecule has 0 saturated carbocycles. The smallest absolute Gasteiger partial charge is 0.251 e. The Kier molecular flexibility index (Phi) is 6.25. The number of ether oxygens (including phenoxy) is 1. The number of hydrogen-bond donors (Lipinski definition) is 1. The van der Waals surface area contributed by atoms with Gasteiger partial charge in [-0.15, -0.1) is 0 Å². The highest BCUT2D eigenvalue weighted by molar-refractivity contribution is 5.94. The molecule has 1 saturated heterocycles. The largest absolute Gasteiger partial charge is 0.494 e. The maximum atomic E-state index is 12.2. The van der Waals surface area contributed by atoms with E-state index in [9.17, 15) is 4.79 Å². The van der Waals surface area contributed by atoms with Gasteiger partial charge in [-0.1, -0.05) is 6.42 Å². The fourth-order valence-electron chi connectivity index (χ4n) is 3.01.